The molecule has 0 atom stereocenters. The van der Waals surface area contributed by atoms with Crippen LogP contribution < -0.4 is 4.90 Å². The molecule has 0 bridgehead atoms. The van der Waals surface area contributed by atoms with E-state index in [1.165, 1.54) is 60.8 Å². The Kier molecular flexibility index (Phi) is 8.55. The minimum atomic E-state index is -0.155. The monoisotopic (exact) mass is 805 g/mol. The largest absolute Gasteiger partial charge is 0.456 e. The van der Waals surface area contributed by atoms with Gasteiger partial charge in [-0.15, -0.1) is 0 Å². The minimum absolute atomic E-state index is 0.155. The van der Waals surface area contributed by atoms with E-state index in [2.05, 4.69) is 231 Å². The molecule has 63 heavy (non-hydrogen) atoms. The van der Waals surface area contributed by atoms with Gasteiger partial charge in [0, 0.05) is 33.0 Å². The molecule has 2 nitrogen and oxygen atoms in total. The van der Waals surface area contributed by atoms with Crippen LogP contribution in [0.1, 0.15) is 25.0 Å². The predicted molar refractivity (Wildman–Crippen MR) is 265 cm³/mol. The number of para-hydroxylation sites is 3. The molecule has 0 aliphatic heterocycles. The molecule has 0 N–H and O–H groups in total. The number of furan rings is 1. The van der Waals surface area contributed by atoms with Crippen LogP contribution in [0.5, 0.6) is 0 Å². The highest BCUT2D eigenvalue weighted by atomic mass is 16.3. The maximum atomic E-state index is 6.31. The van der Waals surface area contributed by atoms with Crippen molar-refractivity contribution >= 4 is 49.8 Å². The van der Waals surface area contributed by atoms with Crippen LogP contribution in [0, 0.1) is 0 Å². The highest BCUT2D eigenvalue weighted by Gasteiger charge is 2.37. The van der Waals surface area contributed by atoms with Crippen LogP contribution in [0.15, 0.2) is 229 Å². The van der Waals surface area contributed by atoms with E-state index in [4.69, 9.17) is 4.42 Å². The Morgan fingerprint density at radius 2 is 0.937 bits per heavy atom. The van der Waals surface area contributed by atoms with Crippen molar-refractivity contribution in [3.63, 3.8) is 0 Å². The lowest BCUT2D eigenvalue weighted by molar-refractivity contribution is 0.662. The summed E-state index contributed by atoms with van der Waals surface area (Å²) in [6, 6.07) is 81.8. The van der Waals surface area contributed by atoms with Crippen LogP contribution in [0.25, 0.3) is 88.3 Å². The van der Waals surface area contributed by atoms with Gasteiger partial charge in [0.2, 0.25) is 0 Å². The summed E-state index contributed by atoms with van der Waals surface area (Å²) in [7, 11) is 0. The molecule has 1 aliphatic carbocycles. The van der Waals surface area contributed by atoms with Crippen LogP contribution in [0.3, 0.4) is 0 Å². The van der Waals surface area contributed by atoms with E-state index in [0.29, 0.717) is 0 Å². The fraction of sp³-hybridized carbons (Fsp3) is 0.0492. The second kappa shape index (κ2) is 14.6. The lowest BCUT2D eigenvalue weighted by atomic mass is 9.79. The van der Waals surface area contributed by atoms with Crippen LogP contribution in [0.2, 0.25) is 0 Å². The van der Waals surface area contributed by atoms with Gasteiger partial charge >= 0.3 is 0 Å². The maximum Gasteiger partial charge on any atom is 0.135 e. The zero-order valence-electron chi connectivity index (χ0n) is 35.2. The highest BCUT2D eigenvalue weighted by molar-refractivity contribution is 6.10. The van der Waals surface area contributed by atoms with E-state index in [1.54, 1.807) is 0 Å². The van der Waals surface area contributed by atoms with Crippen LogP contribution in [-0.2, 0) is 5.41 Å². The third-order valence-corrected chi connectivity index (χ3v) is 13.3. The maximum absolute atomic E-state index is 6.31. The average Bonchev–Trinajstić information content (AvgIpc) is 3.83. The van der Waals surface area contributed by atoms with Gasteiger partial charge in [0.25, 0.3) is 0 Å². The first kappa shape index (κ1) is 36.9. The zero-order valence-corrected chi connectivity index (χ0v) is 35.2. The minimum Gasteiger partial charge on any atom is -0.456 e. The van der Waals surface area contributed by atoms with Crippen molar-refractivity contribution in [3.05, 3.63) is 236 Å². The van der Waals surface area contributed by atoms with Crippen molar-refractivity contribution in [1.82, 2.24) is 0 Å². The molecule has 2 heteroatoms. The predicted octanol–water partition coefficient (Wildman–Crippen LogP) is 17.2. The molecule has 0 saturated carbocycles. The molecule has 1 aliphatic rings. The van der Waals surface area contributed by atoms with Gasteiger partial charge in [-0.05, 0) is 109 Å². The van der Waals surface area contributed by atoms with Gasteiger partial charge in [-0.2, -0.15) is 0 Å². The van der Waals surface area contributed by atoms with Crippen molar-refractivity contribution in [2.75, 3.05) is 4.90 Å². The van der Waals surface area contributed by atoms with Gasteiger partial charge in [-0.3, -0.25) is 0 Å². The molecule has 0 unspecified atom stereocenters. The van der Waals surface area contributed by atoms with Gasteiger partial charge in [0.05, 0.1) is 11.4 Å². The molecule has 0 amide bonds. The molecule has 1 heterocycles. The Bertz CT molecular complexity index is 3550. The molecular weight excluding hydrogens is 763 g/mol. The lowest BCUT2D eigenvalue weighted by Gasteiger charge is -2.31. The van der Waals surface area contributed by atoms with Crippen molar-refractivity contribution < 1.29 is 4.42 Å². The molecule has 10 aromatic carbocycles. The van der Waals surface area contributed by atoms with E-state index in [9.17, 15) is 0 Å². The van der Waals surface area contributed by atoms with Crippen molar-refractivity contribution in [2.45, 2.75) is 19.3 Å². The summed E-state index contributed by atoms with van der Waals surface area (Å²) in [6.07, 6.45) is 0. The fourth-order valence-corrected chi connectivity index (χ4v) is 10.4. The standard InChI is InChI=1S/C61H43NO/c1-61(2)54-32-10-6-25-48(54)52-31-17-29-47(60(52)61)42-22-14-23-44(38-42)62(55-33-11-7-24-45(55)43-36-37-58-53(39-43)50-27-9-13-35-57(50)63-58)56-34-12-8-26-49(56)51-30-16-21-41-20-15-28-46(59(41)51)40-18-4-3-5-19-40/h3-39H,1-2H3. The SMILES string of the molecule is CC1(C)c2ccccc2-c2cccc(-c3cccc(N(c4ccccc4-c4ccc5oc6ccccc6c5c4)c4ccccc4-c4cccc5cccc(-c6ccccc6)c45)c3)c21. The number of fused-ring (bicyclic) bond motifs is 7. The number of rotatable bonds is 7. The number of nitrogens with zero attached hydrogens (tertiary/aromatic N) is 1. The molecule has 0 radical (unpaired) electrons. The van der Waals surface area contributed by atoms with Gasteiger partial charge in [0.15, 0.2) is 0 Å². The second-order valence-corrected chi connectivity index (χ2v) is 17.2. The molecule has 298 valence electrons. The smallest absolute Gasteiger partial charge is 0.135 e. The molecule has 11 aromatic rings. The highest BCUT2D eigenvalue weighted by Crippen LogP contribution is 2.53. The Balaban J connectivity index is 1.11. The third-order valence-electron chi connectivity index (χ3n) is 13.3. The summed E-state index contributed by atoms with van der Waals surface area (Å²) >= 11 is 0. The van der Waals surface area contributed by atoms with Gasteiger partial charge < -0.3 is 9.32 Å². The van der Waals surface area contributed by atoms with E-state index >= 15 is 0 Å². The Labute approximate surface area is 368 Å². The second-order valence-electron chi connectivity index (χ2n) is 17.2. The van der Waals surface area contributed by atoms with E-state index in [1.807, 2.05) is 12.1 Å². The Hall–Kier alpha value is -7.94. The number of anilines is 3. The first-order valence-electron chi connectivity index (χ1n) is 21.8. The number of hydrogen-bond acceptors (Lipinski definition) is 2. The third kappa shape index (κ3) is 5.94. The summed E-state index contributed by atoms with van der Waals surface area (Å²) in [6.45, 7) is 4.75. The van der Waals surface area contributed by atoms with Gasteiger partial charge in [-0.1, -0.05) is 196 Å². The van der Waals surface area contributed by atoms with Gasteiger partial charge in [-0.25, -0.2) is 0 Å². The molecular formula is C61H43NO. The van der Waals surface area contributed by atoms with Crippen molar-refractivity contribution in [1.29, 1.82) is 0 Å². The van der Waals surface area contributed by atoms with Crippen molar-refractivity contribution in [3.8, 4) is 55.6 Å². The van der Waals surface area contributed by atoms with E-state index in [-0.39, 0.29) is 5.41 Å². The van der Waals surface area contributed by atoms with Crippen LogP contribution in [-0.4, -0.2) is 0 Å². The van der Waals surface area contributed by atoms with Gasteiger partial charge in [0.1, 0.15) is 11.2 Å². The van der Waals surface area contributed by atoms with Crippen LogP contribution >= 0.6 is 0 Å². The molecule has 0 fully saturated rings. The topological polar surface area (TPSA) is 16.4 Å². The first-order chi connectivity index (χ1) is 31.0. The fourth-order valence-electron chi connectivity index (χ4n) is 10.4. The first-order valence-corrected chi connectivity index (χ1v) is 21.8. The quantitative estimate of drug-likeness (QED) is 0.160. The normalized spacial score (nSPS) is 12.7. The summed E-state index contributed by atoms with van der Waals surface area (Å²) in [5.41, 5.74) is 19.7. The summed E-state index contributed by atoms with van der Waals surface area (Å²) in [5.74, 6) is 0. The average molecular weight is 806 g/mol. The Morgan fingerprint density at radius 1 is 0.365 bits per heavy atom. The molecule has 0 saturated heterocycles. The summed E-state index contributed by atoms with van der Waals surface area (Å²) in [4.78, 5) is 2.48. The van der Waals surface area contributed by atoms with E-state index in [0.717, 1.165) is 55.7 Å². The number of hydrogen-bond donors (Lipinski definition) is 0. The van der Waals surface area contributed by atoms with Crippen LogP contribution in [0.4, 0.5) is 17.1 Å². The molecule has 1 aromatic heterocycles. The zero-order chi connectivity index (χ0) is 42.1. The molecule has 0 spiro atoms. The molecule has 12 rings (SSSR count). The number of benzene rings is 10. The summed E-state index contributed by atoms with van der Waals surface area (Å²) < 4.78 is 6.31. The van der Waals surface area contributed by atoms with Crippen molar-refractivity contribution in [2.24, 2.45) is 0 Å². The summed E-state index contributed by atoms with van der Waals surface area (Å²) in [5, 5.41) is 4.67. The Morgan fingerprint density at radius 3 is 1.78 bits per heavy atom. The lowest BCUT2D eigenvalue weighted by Crippen LogP contribution is -2.16. The van der Waals surface area contributed by atoms with E-state index < -0.39 is 0 Å².